The van der Waals surface area contributed by atoms with Crippen LogP contribution in [-0.4, -0.2) is 36.6 Å². The number of amides is 1. The van der Waals surface area contributed by atoms with Crippen LogP contribution in [0, 0.1) is 0 Å². The lowest BCUT2D eigenvalue weighted by Crippen LogP contribution is -2.49. The van der Waals surface area contributed by atoms with Gasteiger partial charge in [-0.15, -0.1) is 0 Å². The van der Waals surface area contributed by atoms with Crippen molar-refractivity contribution in [2.24, 2.45) is 0 Å². The van der Waals surface area contributed by atoms with Gasteiger partial charge in [-0.3, -0.25) is 10.0 Å². The van der Waals surface area contributed by atoms with Crippen LogP contribution in [0.15, 0.2) is 24.3 Å². The Morgan fingerprint density at radius 2 is 1.84 bits per heavy atom. The first-order valence-corrected chi connectivity index (χ1v) is 10.5. The third-order valence-corrected chi connectivity index (χ3v) is 7.10. The zero-order valence-electron chi connectivity index (χ0n) is 14.8. The zero-order chi connectivity index (χ0) is 18.5. The minimum atomic E-state index is -3.67. The van der Waals surface area contributed by atoms with E-state index in [1.807, 2.05) is 24.3 Å². The highest BCUT2D eigenvalue weighted by atomic mass is 32.2. The fourth-order valence-electron chi connectivity index (χ4n) is 3.08. The van der Waals surface area contributed by atoms with Crippen molar-refractivity contribution in [3.8, 4) is 5.75 Å². The van der Waals surface area contributed by atoms with E-state index in [9.17, 15) is 13.2 Å². The first kappa shape index (κ1) is 19.7. The van der Waals surface area contributed by atoms with Crippen LogP contribution in [-0.2, 0) is 21.1 Å². The lowest BCUT2D eigenvalue weighted by Gasteiger charge is -2.25. The molecule has 7 heteroatoms. The average molecular weight is 369 g/mol. The van der Waals surface area contributed by atoms with Gasteiger partial charge in [0.1, 0.15) is 10.5 Å². The van der Waals surface area contributed by atoms with Crippen molar-refractivity contribution in [2.75, 3.05) is 6.26 Å². The highest BCUT2D eigenvalue weighted by molar-refractivity contribution is 7.92. The molecule has 1 aliphatic rings. The maximum absolute atomic E-state index is 12.0. The standard InChI is InChI=1S/C18H27NO5S/c1-18(17(20)19-21,25(2,22)23)13-12-14-8-10-16(11-9-14)24-15-6-4-3-5-7-15/h8-11,15,21H,3-7,12-13H2,1-2H3,(H,19,20). The van der Waals surface area contributed by atoms with E-state index in [1.165, 1.54) is 31.7 Å². The van der Waals surface area contributed by atoms with E-state index in [-0.39, 0.29) is 12.5 Å². The van der Waals surface area contributed by atoms with Gasteiger partial charge in [-0.25, -0.2) is 13.9 Å². The molecule has 140 valence electrons. The van der Waals surface area contributed by atoms with E-state index in [4.69, 9.17) is 9.94 Å². The number of rotatable bonds is 7. The molecule has 1 unspecified atom stereocenters. The monoisotopic (exact) mass is 369 g/mol. The van der Waals surface area contributed by atoms with Gasteiger partial charge in [-0.1, -0.05) is 18.6 Å². The molecule has 2 N–H and O–H groups in total. The molecule has 0 saturated heterocycles. The van der Waals surface area contributed by atoms with Gasteiger partial charge < -0.3 is 4.74 Å². The summed E-state index contributed by atoms with van der Waals surface area (Å²) in [7, 11) is -3.67. The summed E-state index contributed by atoms with van der Waals surface area (Å²) in [5.41, 5.74) is 2.38. The van der Waals surface area contributed by atoms with E-state index in [0.717, 1.165) is 30.4 Å². The second-order valence-corrected chi connectivity index (χ2v) is 9.41. The number of nitrogens with one attached hydrogen (secondary N) is 1. The third kappa shape index (κ3) is 4.95. The van der Waals surface area contributed by atoms with Crippen molar-refractivity contribution in [2.45, 2.75) is 62.7 Å². The smallest absolute Gasteiger partial charge is 0.264 e. The number of ether oxygens (including phenoxy) is 1. The van der Waals surface area contributed by atoms with Crippen LogP contribution >= 0.6 is 0 Å². The van der Waals surface area contributed by atoms with Gasteiger partial charge in [0.15, 0.2) is 9.84 Å². The molecule has 0 radical (unpaired) electrons. The van der Waals surface area contributed by atoms with Crippen LogP contribution in [0.25, 0.3) is 0 Å². The van der Waals surface area contributed by atoms with Crippen molar-refractivity contribution in [3.05, 3.63) is 29.8 Å². The first-order valence-electron chi connectivity index (χ1n) is 8.66. The van der Waals surface area contributed by atoms with Gasteiger partial charge in [0.05, 0.1) is 6.10 Å². The molecule has 0 aromatic heterocycles. The number of hydroxylamine groups is 1. The van der Waals surface area contributed by atoms with E-state index in [0.29, 0.717) is 6.42 Å². The predicted octanol–water partition coefficient (Wildman–Crippen LogP) is 2.64. The lowest BCUT2D eigenvalue weighted by molar-refractivity contribution is -0.131. The van der Waals surface area contributed by atoms with E-state index in [2.05, 4.69) is 0 Å². The third-order valence-electron chi connectivity index (χ3n) is 5.07. The maximum atomic E-state index is 12.0. The van der Waals surface area contributed by atoms with Gasteiger partial charge in [0, 0.05) is 6.26 Å². The van der Waals surface area contributed by atoms with Crippen molar-refractivity contribution in [3.63, 3.8) is 0 Å². The second-order valence-electron chi connectivity index (χ2n) is 6.97. The van der Waals surface area contributed by atoms with Crippen LogP contribution in [0.1, 0.15) is 51.0 Å². The summed E-state index contributed by atoms with van der Waals surface area (Å²) < 4.78 is 28.2. The van der Waals surface area contributed by atoms with E-state index < -0.39 is 20.5 Å². The number of carbonyl (C=O) groups is 1. The fourth-order valence-corrected chi connectivity index (χ4v) is 3.93. The van der Waals surface area contributed by atoms with Crippen LogP contribution in [0.3, 0.4) is 0 Å². The quantitative estimate of drug-likeness (QED) is 0.569. The van der Waals surface area contributed by atoms with Crippen LogP contribution in [0.4, 0.5) is 0 Å². The van der Waals surface area contributed by atoms with Crippen molar-refractivity contribution >= 4 is 15.7 Å². The first-order chi connectivity index (χ1) is 11.8. The van der Waals surface area contributed by atoms with Gasteiger partial charge in [0.25, 0.3) is 5.91 Å². The highest BCUT2D eigenvalue weighted by Gasteiger charge is 2.43. The minimum absolute atomic E-state index is 0.0844. The molecule has 1 amide bonds. The Kier molecular flexibility index (Phi) is 6.46. The van der Waals surface area contributed by atoms with Gasteiger partial charge in [0.2, 0.25) is 0 Å². The summed E-state index contributed by atoms with van der Waals surface area (Å²) in [5.74, 6) is -0.0955. The predicted molar refractivity (Wildman–Crippen MR) is 95.4 cm³/mol. The molecule has 0 bridgehead atoms. The SMILES string of the molecule is CC(CCc1ccc(OC2CCCCC2)cc1)(C(=O)NO)S(C)(=O)=O. The molecule has 0 heterocycles. The van der Waals surface area contributed by atoms with E-state index in [1.54, 1.807) is 0 Å². The minimum Gasteiger partial charge on any atom is -0.490 e. The largest absolute Gasteiger partial charge is 0.490 e. The Hall–Kier alpha value is -1.60. The number of benzene rings is 1. The topological polar surface area (TPSA) is 92.7 Å². The van der Waals surface area contributed by atoms with Gasteiger partial charge in [-0.2, -0.15) is 0 Å². The molecule has 1 atom stereocenters. The Labute approximate surface area is 149 Å². The Morgan fingerprint density at radius 3 is 2.36 bits per heavy atom. The summed E-state index contributed by atoms with van der Waals surface area (Å²) in [6.07, 6.45) is 7.64. The zero-order valence-corrected chi connectivity index (χ0v) is 15.6. The molecule has 1 saturated carbocycles. The Morgan fingerprint density at radius 1 is 1.24 bits per heavy atom. The second kappa shape index (κ2) is 8.19. The van der Waals surface area contributed by atoms with Crippen LogP contribution in [0.5, 0.6) is 5.75 Å². The van der Waals surface area contributed by atoms with Crippen molar-refractivity contribution in [1.29, 1.82) is 0 Å². The number of sulfone groups is 1. The molecule has 0 aliphatic heterocycles. The maximum Gasteiger partial charge on any atom is 0.264 e. The summed E-state index contributed by atoms with van der Waals surface area (Å²) in [4.78, 5) is 11.8. The van der Waals surface area contributed by atoms with Gasteiger partial charge in [-0.05, 0) is 63.1 Å². The van der Waals surface area contributed by atoms with Crippen LogP contribution in [0.2, 0.25) is 0 Å². The van der Waals surface area contributed by atoms with Crippen molar-refractivity contribution < 1.29 is 23.2 Å². The lowest BCUT2D eigenvalue weighted by atomic mass is 9.97. The van der Waals surface area contributed by atoms with E-state index >= 15 is 0 Å². The Balaban J connectivity index is 1.99. The number of carbonyl (C=O) groups excluding carboxylic acids is 1. The molecule has 1 aromatic carbocycles. The molecule has 0 spiro atoms. The fraction of sp³-hybridized carbons (Fsp3) is 0.611. The molecular formula is C18H27NO5S. The molecule has 25 heavy (non-hydrogen) atoms. The van der Waals surface area contributed by atoms with Gasteiger partial charge >= 0.3 is 0 Å². The summed E-state index contributed by atoms with van der Waals surface area (Å²) in [5, 5.41) is 8.84. The summed E-state index contributed by atoms with van der Waals surface area (Å²) >= 11 is 0. The summed E-state index contributed by atoms with van der Waals surface area (Å²) in [6.45, 7) is 1.33. The number of hydrogen-bond acceptors (Lipinski definition) is 5. The molecule has 1 aliphatic carbocycles. The summed E-state index contributed by atoms with van der Waals surface area (Å²) in [6, 6.07) is 7.54. The molecule has 6 nitrogen and oxygen atoms in total. The van der Waals surface area contributed by atoms with Crippen LogP contribution < -0.4 is 10.2 Å². The molecule has 2 rings (SSSR count). The number of aryl methyl sites for hydroxylation is 1. The number of hydrogen-bond donors (Lipinski definition) is 2. The molecule has 1 aromatic rings. The molecule has 1 fully saturated rings. The Bertz CT molecular complexity index is 680. The molecular weight excluding hydrogens is 342 g/mol. The highest BCUT2D eigenvalue weighted by Crippen LogP contribution is 2.26. The average Bonchev–Trinajstić information content (AvgIpc) is 2.60. The van der Waals surface area contributed by atoms with Crippen molar-refractivity contribution in [1.82, 2.24) is 5.48 Å². The normalized spacial score (nSPS) is 18.4.